The molecular weight excluding hydrogens is 725 g/mol. The van der Waals surface area contributed by atoms with Gasteiger partial charge in [-0.1, -0.05) is 43.3 Å². The first kappa shape index (κ1) is 37.7. The summed E-state index contributed by atoms with van der Waals surface area (Å²) in [5.74, 6) is 1.29. The average Bonchev–Trinajstić information content (AvgIpc) is 3.73. The fourth-order valence-electron chi connectivity index (χ4n) is 8.26. The van der Waals surface area contributed by atoms with Gasteiger partial charge in [-0.2, -0.15) is 0 Å². The van der Waals surface area contributed by atoms with E-state index in [1.807, 2.05) is 59.6 Å². The highest BCUT2D eigenvalue weighted by Gasteiger charge is 2.42. The molecule has 0 N–H and O–H groups in total. The first-order valence-electron chi connectivity index (χ1n) is 19.7. The van der Waals surface area contributed by atoms with E-state index in [0.717, 1.165) is 41.8 Å². The predicted molar refractivity (Wildman–Crippen MR) is 217 cm³/mol. The van der Waals surface area contributed by atoms with Crippen molar-refractivity contribution in [3.63, 3.8) is 0 Å². The Bertz CT molecular complexity index is 2270. The first-order valence-corrected chi connectivity index (χ1v) is 19.7. The lowest BCUT2D eigenvalue weighted by Gasteiger charge is -2.27. The van der Waals surface area contributed by atoms with Crippen LogP contribution in [-0.2, 0) is 22.4 Å². The van der Waals surface area contributed by atoms with Gasteiger partial charge in [-0.3, -0.25) is 29.1 Å². The van der Waals surface area contributed by atoms with E-state index in [9.17, 15) is 19.2 Å². The molecule has 2 atom stereocenters. The largest absolute Gasteiger partial charge is 0.493 e. The van der Waals surface area contributed by atoms with Crippen LogP contribution in [0.5, 0.6) is 23.0 Å². The summed E-state index contributed by atoms with van der Waals surface area (Å²) < 4.78 is 23.8. The second-order valence-electron chi connectivity index (χ2n) is 14.7. The number of para-hydroxylation sites is 2. The fraction of sp³-hybridized carbons (Fsp3) is 0.356. The predicted octanol–water partition coefficient (Wildman–Crippen LogP) is 7.30. The number of fused-ring (bicyclic) bond motifs is 8. The van der Waals surface area contributed by atoms with Crippen LogP contribution in [0.25, 0.3) is 0 Å². The van der Waals surface area contributed by atoms with Crippen LogP contribution in [0.2, 0.25) is 0 Å². The Morgan fingerprint density at radius 2 is 1.32 bits per heavy atom. The lowest BCUT2D eigenvalue weighted by atomic mass is 10.1. The van der Waals surface area contributed by atoms with Crippen molar-refractivity contribution in [3.8, 4) is 23.0 Å². The van der Waals surface area contributed by atoms with Crippen molar-refractivity contribution >= 4 is 52.5 Å². The number of ether oxygens (including phenoxy) is 4. The van der Waals surface area contributed by atoms with Crippen molar-refractivity contribution in [2.45, 2.75) is 70.4 Å². The minimum absolute atomic E-state index is 0.0171. The van der Waals surface area contributed by atoms with Gasteiger partial charge < -0.3 is 28.7 Å². The second-order valence-corrected chi connectivity index (χ2v) is 14.7. The van der Waals surface area contributed by atoms with Gasteiger partial charge in [0.05, 0.1) is 62.0 Å². The van der Waals surface area contributed by atoms with Gasteiger partial charge in [-0.25, -0.2) is 0 Å². The highest BCUT2D eigenvalue weighted by atomic mass is 16.5. The van der Waals surface area contributed by atoms with E-state index in [0.29, 0.717) is 84.5 Å². The second kappa shape index (κ2) is 16.1. The molecule has 0 saturated heterocycles. The molecule has 3 amide bonds. The van der Waals surface area contributed by atoms with Gasteiger partial charge in [0.1, 0.15) is 5.78 Å². The van der Waals surface area contributed by atoms with Crippen LogP contribution >= 0.6 is 0 Å². The third-order valence-corrected chi connectivity index (χ3v) is 11.2. The fourth-order valence-corrected chi connectivity index (χ4v) is 8.26. The van der Waals surface area contributed by atoms with Crippen LogP contribution in [-0.4, -0.2) is 75.8 Å². The molecular formula is C45H46N4O8. The number of hydrogen-bond donors (Lipinski definition) is 0. The zero-order valence-corrected chi connectivity index (χ0v) is 32.5. The van der Waals surface area contributed by atoms with Crippen LogP contribution in [0, 0.1) is 0 Å². The number of ketones is 1. The Kier molecular flexibility index (Phi) is 10.7. The summed E-state index contributed by atoms with van der Waals surface area (Å²) in [5.41, 5.74) is 5.75. The molecule has 0 aromatic heterocycles. The Hall–Kier alpha value is -6.17. The maximum absolute atomic E-state index is 14.2. The molecule has 0 radical (unpaired) electrons. The highest BCUT2D eigenvalue weighted by Crippen LogP contribution is 2.44. The van der Waals surface area contributed by atoms with Gasteiger partial charge in [-0.15, -0.1) is 0 Å². The van der Waals surface area contributed by atoms with Crippen molar-refractivity contribution in [3.05, 3.63) is 95.1 Å². The Balaban J connectivity index is 0.919. The van der Waals surface area contributed by atoms with Crippen molar-refractivity contribution in [1.29, 1.82) is 0 Å². The Morgan fingerprint density at radius 1 is 0.702 bits per heavy atom. The number of benzene rings is 4. The molecule has 294 valence electrons. The van der Waals surface area contributed by atoms with Gasteiger partial charge in [0.2, 0.25) is 5.91 Å². The van der Waals surface area contributed by atoms with E-state index >= 15 is 0 Å². The monoisotopic (exact) mass is 770 g/mol. The zero-order chi connectivity index (χ0) is 39.6. The quantitative estimate of drug-likeness (QED) is 0.122. The molecule has 0 saturated carbocycles. The standard InChI is InChI=1S/C45H46N4O8/c1-4-32(50)16-17-43(51)47-27-31-21-29-13-7-9-15-37(29)49(31)45(53)34-23-40(55-3)42(25-38(34)47)57-19-11-5-10-18-56-41-24-35-33(22-39(41)54-2)44(52)48-30(26-46-35)20-28-12-6-8-14-36(28)48/h6-9,12-15,22-26,30-31H,4-5,10-11,16-21,27H2,1-3H3/t30-,31-/m0/s1. The number of hydrogen-bond acceptors (Lipinski definition) is 9. The molecule has 0 spiro atoms. The highest BCUT2D eigenvalue weighted by molar-refractivity contribution is 6.16. The number of carbonyl (C=O) groups excluding carboxylic acids is 4. The molecule has 8 rings (SSSR count). The van der Waals surface area contributed by atoms with Crippen molar-refractivity contribution < 1.29 is 38.1 Å². The number of aliphatic imine (C=N–C) groups is 1. The average molecular weight is 771 g/mol. The molecule has 4 aromatic rings. The van der Waals surface area contributed by atoms with E-state index < -0.39 is 0 Å². The minimum atomic E-state index is -0.248. The minimum Gasteiger partial charge on any atom is -0.493 e. The van der Waals surface area contributed by atoms with Crippen molar-refractivity contribution in [2.75, 3.05) is 48.7 Å². The molecule has 0 fully saturated rings. The van der Waals surface area contributed by atoms with E-state index in [2.05, 4.69) is 0 Å². The normalized spacial score (nSPS) is 17.4. The topological polar surface area (TPSA) is 127 Å². The third-order valence-electron chi connectivity index (χ3n) is 11.2. The molecule has 12 heteroatoms. The van der Waals surface area contributed by atoms with Gasteiger partial charge in [-0.05, 0) is 61.1 Å². The molecule has 4 heterocycles. The molecule has 57 heavy (non-hydrogen) atoms. The number of rotatable bonds is 14. The molecule has 12 nitrogen and oxygen atoms in total. The molecule has 4 aliphatic heterocycles. The SMILES string of the molecule is CCC(=O)CCC(=O)N1C[C@@H]2Cc3ccccc3N2C(=O)c2cc(OC)c(OCCCCCOc3cc4c(cc3OC)C(=O)N3c5ccccc5C[C@H]3C=N4)cc21. The van der Waals surface area contributed by atoms with Gasteiger partial charge in [0, 0.05) is 62.0 Å². The molecule has 4 aromatic carbocycles. The van der Waals surface area contributed by atoms with Gasteiger partial charge in [0.15, 0.2) is 23.0 Å². The molecule has 0 bridgehead atoms. The summed E-state index contributed by atoms with van der Waals surface area (Å²) in [6.45, 7) is 2.86. The van der Waals surface area contributed by atoms with E-state index in [-0.39, 0.29) is 48.4 Å². The number of amides is 3. The number of carbonyl (C=O) groups is 4. The van der Waals surface area contributed by atoms with Crippen LogP contribution in [0.4, 0.5) is 22.7 Å². The lowest BCUT2D eigenvalue weighted by molar-refractivity contribution is -0.123. The van der Waals surface area contributed by atoms with Gasteiger partial charge in [0.25, 0.3) is 11.8 Å². The number of unbranched alkanes of at least 4 members (excludes halogenated alkanes) is 2. The van der Waals surface area contributed by atoms with Crippen molar-refractivity contribution in [1.82, 2.24) is 0 Å². The number of nitrogens with zero attached hydrogens (tertiary/aromatic N) is 4. The number of methoxy groups -OCH3 is 2. The molecule has 4 aliphatic rings. The first-order chi connectivity index (χ1) is 27.8. The molecule has 0 aliphatic carbocycles. The number of Topliss-reactive ketones (excluding diaryl/α,β-unsaturated/α-hetero) is 1. The van der Waals surface area contributed by atoms with Gasteiger partial charge >= 0.3 is 0 Å². The summed E-state index contributed by atoms with van der Waals surface area (Å²) >= 11 is 0. The maximum atomic E-state index is 14.2. The van der Waals surface area contributed by atoms with E-state index in [1.54, 1.807) is 48.1 Å². The summed E-state index contributed by atoms with van der Waals surface area (Å²) in [5, 5.41) is 0. The van der Waals surface area contributed by atoms with Crippen LogP contribution in [0.3, 0.4) is 0 Å². The van der Waals surface area contributed by atoms with Crippen molar-refractivity contribution in [2.24, 2.45) is 4.99 Å². The van der Waals surface area contributed by atoms with E-state index in [1.165, 1.54) is 7.11 Å². The Labute approximate surface area is 332 Å². The van der Waals surface area contributed by atoms with Crippen LogP contribution < -0.4 is 33.6 Å². The summed E-state index contributed by atoms with van der Waals surface area (Å²) in [6, 6.07) is 22.2. The smallest absolute Gasteiger partial charge is 0.261 e. The van der Waals surface area contributed by atoms with Crippen LogP contribution in [0.15, 0.2) is 77.8 Å². The molecule has 0 unspecified atom stereocenters. The number of anilines is 3. The maximum Gasteiger partial charge on any atom is 0.261 e. The summed E-state index contributed by atoms with van der Waals surface area (Å²) in [6.07, 6.45) is 5.97. The summed E-state index contributed by atoms with van der Waals surface area (Å²) in [4.78, 5) is 63.9. The zero-order valence-electron chi connectivity index (χ0n) is 32.5. The lowest BCUT2D eigenvalue weighted by Crippen LogP contribution is -2.44. The van der Waals surface area contributed by atoms with E-state index in [4.69, 9.17) is 23.9 Å². The Morgan fingerprint density at radius 3 is 2.00 bits per heavy atom. The van der Waals surface area contributed by atoms with Crippen LogP contribution in [0.1, 0.15) is 77.3 Å². The third kappa shape index (κ3) is 7.20. The summed E-state index contributed by atoms with van der Waals surface area (Å²) in [7, 11) is 3.09.